The zero-order valence-corrected chi connectivity index (χ0v) is 12.5. The molecule has 0 fully saturated rings. The lowest BCUT2D eigenvalue weighted by Gasteiger charge is -1.97. The Labute approximate surface area is 104 Å². The first kappa shape index (κ1) is 24.4. The Morgan fingerprint density at radius 1 is 1.12 bits per heavy atom. The molecule has 0 bridgehead atoms. The zero-order valence-electron chi connectivity index (χ0n) is 12.5. The van der Waals surface area contributed by atoms with Gasteiger partial charge in [-0.3, -0.25) is 4.79 Å². The van der Waals surface area contributed by atoms with Gasteiger partial charge in [-0.05, 0) is 6.42 Å². The number of rotatable bonds is 4. The molecule has 2 heteroatoms. The van der Waals surface area contributed by atoms with E-state index in [-0.39, 0.29) is 5.91 Å². The first-order chi connectivity index (χ1) is 7.72. The number of amides is 1. The number of hydrogen-bond acceptors (Lipinski definition) is 1. The lowest BCUT2D eigenvalue weighted by Crippen LogP contribution is -2.22. The fraction of sp³-hybridized carbons (Fsp3) is 0.786. The van der Waals surface area contributed by atoms with Crippen LogP contribution in [0.1, 0.15) is 67.7 Å². The highest BCUT2D eigenvalue weighted by atomic mass is 16.1. The largest absolute Gasteiger partial charge is 0.353 e. The van der Waals surface area contributed by atoms with Crippen LogP contribution in [-0.2, 0) is 4.79 Å². The van der Waals surface area contributed by atoms with Crippen LogP contribution in [0, 0.1) is 0 Å². The van der Waals surface area contributed by atoms with Gasteiger partial charge in [0.2, 0.25) is 5.91 Å². The molecular weight excluding hydrogens is 198 g/mol. The van der Waals surface area contributed by atoms with Gasteiger partial charge in [0.05, 0.1) is 0 Å². The molecule has 0 aliphatic heterocycles. The first-order valence-electron chi connectivity index (χ1n) is 6.60. The summed E-state index contributed by atoms with van der Waals surface area (Å²) in [5.74, 6) is 0.109. The molecule has 0 unspecified atom stereocenters. The van der Waals surface area contributed by atoms with Crippen LogP contribution in [0.2, 0.25) is 0 Å². The van der Waals surface area contributed by atoms with E-state index < -0.39 is 0 Å². The minimum absolute atomic E-state index is 0.109. The van der Waals surface area contributed by atoms with Crippen molar-refractivity contribution >= 4 is 5.91 Å². The average Bonchev–Trinajstić information content (AvgIpc) is 2.33. The third-order valence-electron chi connectivity index (χ3n) is 0.921. The molecule has 0 spiro atoms. The summed E-state index contributed by atoms with van der Waals surface area (Å²) in [6, 6.07) is 0. The van der Waals surface area contributed by atoms with Gasteiger partial charge in [-0.15, -0.1) is 6.58 Å². The van der Waals surface area contributed by atoms with Crippen molar-refractivity contribution in [2.45, 2.75) is 67.7 Å². The van der Waals surface area contributed by atoms with Crippen molar-refractivity contribution in [3.05, 3.63) is 12.7 Å². The second-order valence-electron chi connectivity index (χ2n) is 2.55. The Kier molecular flexibility index (Phi) is 56.2. The molecule has 1 N–H and O–H groups in total. The van der Waals surface area contributed by atoms with Crippen LogP contribution in [0.4, 0.5) is 0 Å². The molecule has 2 nitrogen and oxygen atoms in total. The smallest absolute Gasteiger partial charge is 0.220 e. The Morgan fingerprint density at radius 3 is 1.75 bits per heavy atom. The van der Waals surface area contributed by atoms with Gasteiger partial charge in [-0.1, -0.05) is 61.0 Å². The molecule has 0 radical (unpaired) electrons. The van der Waals surface area contributed by atoms with Gasteiger partial charge >= 0.3 is 0 Å². The maximum atomic E-state index is 10.6. The lowest BCUT2D eigenvalue weighted by atomic mass is 10.3. The van der Waals surface area contributed by atoms with Gasteiger partial charge in [0, 0.05) is 13.0 Å². The molecule has 0 atom stereocenters. The fourth-order valence-corrected chi connectivity index (χ4v) is 0.501. The number of hydrogen-bond donors (Lipinski definition) is 1. The highest BCUT2D eigenvalue weighted by Crippen LogP contribution is 1.83. The summed E-state index contributed by atoms with van der Waals surface area (Å²) < 4.78 is 0. The summed E-state index contributed by atoms with van der Waals surface area (Å²) in [4.78, 5) is 10.6. The monoisotopic (exact) mass is 231 g/mol. The number of carbonyl (C=O) groups excluding carboxylic acids is 1. The normalized spacial score (nSPS) is 6.69. The van der Waals surface area contributed by atoms with E-state index in [0.29, 0.717) is 13.0 Å². The van der Waals surface area contributed by atoms with E-state index in [0.717, 1.165) is 6.42 Å². The molecule has 1 amide bonds. The van der Waals surface area contributed by atoms with Gasteiger partial charge in [0.1, 0.15) is 0 Å². The molecule has 0 aromatic rings. The van der Waals surface area contributed by atoms with E-state index in [1.807, 2.05) is 34.6 Å². The summed E-state index contributed by atoms with van der Waals surface area (Å²) in [6.45, 7) is 18.3. The molecule has 0 saturated carbocycles. The van der Waals surface area contributed by atoms with Crippen molar-refractivity contribution in [2.75, 3.05) is 6.54 Å². The second-order valence-corrected chi connectivity index (χ2v) is 2.55. The molecule has 0 aliphatic carbocycles. The van der Waals surface area contributed by atoms with Gasteiger partial charge in [-0.25, -0.2) is 0 Å². The Hall–Kier alpha value is -0.790. The SMILES string of the molecule is C=CCNC(=O)CCC.CC.CC.CCC. The summed E-state index contributed by atoms with van der Waals surface area (Å²) in [5.41, 5.74) is 0. The summed E-state index contributed by atoms with van der Waals surface area (Å²) in [7, 11) is 0. The van der Waals surface area contributed by atoms with Gasteiger partial charge < -0.3 is 5.32 Å². The number of carbonyl (C=O) groups is 1. The van der Waals surface area contributed by atoms with E-state index in [1.165, 1.54) is 6.42 Å². The lowest BCUT2D eigenvalue weighted by molar-refractivity contribution is -0.120. The van der Waals surface area contributed by atoms with Crippen LogP contribution in [0.3, 0.4) is 0 Å². The summed E-state index contributed by atoms with van der Waals surface area (Å²) in [5, 5.41) is 2.68. The average molecular weight is 231 g/mol. The highest BCUT2D eigenvalue weighted by Gasteiger charge is 1.93. The zero-order chi connectivity index (χ0) is 13.8. The Balaban J connectivity index is -0.0000000864. The van der Waals surface area contributed by atoms with E-state index in [4.69, 9.17) is 0 Å². The van der Waals surface area contributed by atoms with Gasteiger partial charge in [0.25, 0.3) is 0 Å². The van der Waals surface area contributed by atoms with Gasteiger partial charge in [-0.2, -0.15) is 0 Å². The molecule has 16 heavy (non-hydrogen) atoms. The van der Waals surface area contributed by atoms with Crippen molar-refractivity contribution < 1.29 is 4.79 Å². The molecule has 0 saturated heterocycles. The number of nitrogens with one attached hydrogen (secondary N) is 1. The second kappa shape index (κ2) is 36.8. The molecular formula is C14H33NO. The van der Waals surface area contributed by atoms with Gasteiger partial charge in [0.15, 0.2) is 0 Å². The molecule has 0 aromatic carbocycles. The quantitative estimate of drug-likeness (QED) is 0.706. The van der Waals surface area contributed by atoms with Crippen LogP contribution in [-0.4, -0.2) is 12.5 Å². The molecule has 0 rings (SSSR count). The van der Waals surface area contributed by atoms with Crippen molar-refractivity contribution in [3.8, 4) is 0 Å². The van der Waals surface area contributed by atoms with Crippen molar-refractivity contribution in [1.29, 1.82) is 0 Å². The van der Waals surface area contributed by atoms with Crippen LogP contribution in [0.5, 0.6) is 0 Å². The Bertz CT molecular complexity index is 111. The maximum absolute atomic E-state index is 10.6. The topological polar surface area (TPSA) is 29.1 Å². The van der Waals surface area contributed by atoms with Crippen LogP contribution >= 0.6 is 0 Å². The third kappa shape index (κ3) is 51.1. The molecule has 100 valence electrons. The molecule has 0 aromatic heterocycles. The first-order valence-corrected chi connectivity index (χ1v) is 6.60. The third-order valence-corrected chi connectivity index (χ3v) is 0.921. The van der Waals surface area contributed by atoms with E-state index in [9.17, 15) is 4.79 Å². The molecule has 0 heterocycles. The molecule has 0 aliphatic rings. The van der Waals surface area contributed by atoms with E-state index in [1.54, 1.807) is 6.08 Å². The van der Waals surface area contributed by atoms with Crippen LogP contribution < -0.4 is 5.32 Å². The predicted molar refractivity (Wildman–Crippen MR) is 76.8 cm³/mol. The fourth-order valence-electron chi connectivity index (χ4n) is 0.501. The van der Waals surface area contributed by atoms with E-state index >= 15 is 0 Å². The summed E-state index contributed by atoms with van der Waals surface area (Å²) in [6.07, 6.45) is 4.45. The minimum atomic E-state index is 0.109. The van der Waals surface area contributed by atoms with E-state index in [2.05, 4.69) is 25.7 Å². The van der Waals surface area contributed by atoms with Crippen LogP contribution in [0.15, 0.2) is 12.7 Å². The van der Waals surface area contributed by atoms with Crippen molar-refractivity contribution in [2.24, 2.45) is 0 Å². The summed E-state index contributed by atoms with van der Waals surface area (Å²) >= 11 is 0. The standard InChI is InChI=1S/C7H13NO.C3H8.2C2H6/c1-3-5-7(9)8-6-4-2;1-3-2;2*1-2/h4H,2-3,5-6H2,1H3,(H,8,9);3H2,1-2H3;2*1-2H3. The van der Waals surface area contributed by atoms with Crippen molar-refractivity contribution in [3.63, 3.8) is 0 Å². The van der Waals surface area contributed by atoms with Crippen molar-refractivity contribution in [1.82, 2.24) is 5.32 Å². The van der Waals surface area contributed by atoms with Crippen LogP contribution in [0.25, 0.3) is 0 Å². The highest BCUT2D eigenvalue weighted by molar-refractivity contribution is 5.75. The predicted octanol–water partition coefficient (Wildman–Crippen LogP) is 4.56. The minimum Gasteiger partial charge on any atom is -0.353 e. The Morgan fingerprint density at radius 2 is 1.50 bits per heavy atom. The maximum Gasteiger partial charge on any atom is 0.220 e.